The molecule has 0 unspecified atom stereocenters. The average molecular weight is 367 g/mol. The van der Waals surface area contributed by atoms with Gasteiger partial charge in [-0.3, -0.25) is 0 Å². The standard InChI is InChI=1S/C25H19O3/c1-26-20-14-16-22(17-15-20)28-25-13-6-5-12-24(25)19-8-7-11-23(18-19)27-21-9-3-2-4-10-21/h2-5,7-18H,1H3. The zero-order valence-electron chi connectivity index (χ0n) is 15.5. The van der Waals surface area contributed by atoms with Crippen LogP contribution in [0.1, 0.15) is 0 Å². The predicted molar refractivity (Wildman–Crippen MR) is 110 cm³/mol. The highest BCUT2D eigenvalue weighted by Gasteiger charge is 2.09. The summed E-state index contributed by atoms with van der Waals surface area (Å²) < 4.78 is 17.3. The summed E-state index contributed by atoms with van der Waals surface area (Å²) in [6, 6.07) is 34.0. The highest BCUT2D eigenvalue weighted by Crippen LogP contribution is 2.35. The Labute approximate surface area is 164 Å². The van der Waals surface area contributed by atoms with Gasteiger partial charge in [0.2, 0.25) is 0 Å². The number of para-hydroxylation sites is 1. The minimum Gasteiger partial charge on any atom is -0.497 e. The molecule has 3 heteroatoms. The summed E-state index contributed by atoms with van der Waals surface area (Å²) in [6.07, 6.45) is 0. The smallest absolute Gasteiger partial charge is 0.135 e. The van der Waals surface area contributed by atoms with E-state index in [-0.39, 0.29) is 0 Å². The van der Waals surface area contributed by atoms with E-state index in [1.807, 2.05) is 97.1 Å². The lowest BCUT2D eigenvalue weighted by Crippen LogP contribution is -1.90. The van der Waals surface area contributed by atoms with Gasteiger partial charge in [-0.2, -0.15) is 0 Å². The first-order valence-corrected chi connectivity index (χ1v) is 8.97. The van der Waals surface area contributed by atoms with E-state index >= 15 is 0 Å². The van der Waals surface area contributed by atoms with Crippen LogP contribution in [0.5, 0.6) is 28.7 Å². The van der Waals surface area contributed by atoms with Gasteiger partial charge >= 0.3 is 0 Å². The molecule has 1 radical (unpaired) electrons. The Balaban J connectivity index is 1.61. The van der Waals surface area contributed by atoms with Crippen molar-refractivity contribution in [2.24, 2.45) is 0 Å². The molecule has 0 N–H and O–H groups in total. The number of rotatable bonds is 6. The summed E-state index contributed by atoms with van der Waals surface area (Å²) in [4.78, 5) is 0. The topological polar surface area (TPSA) is 27.7 Å². The molecule has 0 atom stereocenters. The molecular weight excluding hydrogens is 348 g/mol. The molecule has 137 valence electrons. The van der Waals surface area contributed by atoms with Crippen LogP contribution in [0.4, 0.5) is 0 Å². The van der Waals surface area contributed by atoms with Crippen LogP contribution in [0.3, 0.4) is 0 Å². The fourth-order valence-electron chi connectivity index (χ4n) is 2.86. The van der Waals surface area contributed by atoms with Crippen LogP contribution < -0.4 is 14.2 Å². The minimum atomic E-state index is 0.726. The van der Waals surface area contributed by atoms with Gasteiger partial charge in [-0.1, -0.05) is 42.5 Å². The van der Waals surface area contributed by atoms with Crippen molar-refractivity contribution in [3.63, 3.8) is 0 Å². The highest BCUT2D eigenvalue weighted by atomic mass is 16.5. The van der Waals surface area contributed by atoms with Crippen molar-refractivity contribution >= 4 is 0 Å². The average Bonchev–Trinajstić information content (AvgIpc) is 2.76. The van der Waals surface area contributed by atoms with Crippen molar-refractivity contribution in [2.75, 3.05) is 7.11 Å². The second kappa shape index (κ2) is 8.31. The number of hydrogen-bond acceptors (Lipinski definition) is 3. The van der Waals surface area contributed by atoms with Gasteiger partial charge < -0.3 is 14.2 Å². The molecule has 0 bridgehead atoms. The maximum atomic E-state index is 6.09. The van der Waals surface area contributed by atoms with Gasteiger partial charge in [0, 0.05) is 5.56 Å². The molecular formula is C25H19O3. The Morgan fingerprint density at radius 3 is 2.14 bits per heavy atom. The van der Waals surface area contributed by atoms with Crippen LogP contribution in [0.25, 0.3) is 11.1 Å². The zero-order valence-corrected chi connectivity index (χ0v) is 15.5. The molecule has 0 saturated heterocycles. The summed E-state index contributed by atoms with van der Waals surface area (Å²) >= 11 is 0. The third-order valence-corrected chi connectivity index (χ3v) is 4.24. The molecule has 3 nitrogen and oxygen atoms in total. The van der Waals surface area contributed by atoms with Crippen LogP contribution >= 0.6 is 0 Å². The lowest BCUT2D eigenvalue weighted by molar-refractivity contribution is 0.413. The molecule has 0 heterocycles. The SMILES string of the molecule is COc1ccc(Oc2c[c]ccc2-c2cccc(Oc3ccccc3)c2)cc1. The lowest BCUT2D eigenvalue weighted by atomic mass is 10.0. The quantitative estimate of drug-likeness (QED) is 0.377. The van der Waals surface area contributed by atoms with Crippen molar-refractivity contribution in [1.29, 1.82) is 0 Å². The molecule has 4 aromatic carbocycles. The third-order valence-electron chi connectivity index (χ3n) is 4.24. The molecule has 0 saturated carbocycles. The summed E-state index contributed by atoms with van der Waals surface area (Å²) in [5.41, 5.74) is 1.97. The summed E-state index contributed by atoms with van der Waals surface area (Å²) in [6.45, 7) is 0. The third kappa shape index (κ3) is 4.15. The van der Waals surface area contributed by atoms with Gasteiger partial charge in [0.1, 0.15) is 28.7 Å². The molecule has 28 heavy (non-hydrogen) atoms. The Morgan fingerprint density at radius 1 is 0.643 bits per heavy atom. The first kappa shape index (κ1) is 17.7. The van der Waals surface area contributed by atoms with E-state index in [4.69, 9.17) is 14.2 Å². The van der Waals surface area contributed by atoms with Gasteiger partial charge in [-0.15, -0.1) is 0 Å². The van der Waals surface area contributed by atoms with E-state index in [9.17, 15) is 0 Å². The fraction of sp³-hybridized carbons (Fsp3) is 0.0400. The van der Waals surface area contributed by atoms with Crippen LogP contribution in [0.15, 0.2) is 97.1 Å². The number of hydrogen-bond donors (Lipinski definition) is 0. The highest BCUT2D eigenvalue weighted by molar-refractivity contribution is 5.72. The van der Waals surface area contributed by atoms with Gasteiger partial charge in [-0.25, -0.2) is 0 Å². The van der Waals surface area contributed by atoms with Crippen molar-refractivity contribution in [3.8, 4) is 39.9 Å². The van der Waals surface area contributed by atoms with E-state index in [0.29, 0.717) is 0 Å². The number of methoxy groups -OCH3 is 1. The molecule has 4 rings (SSSR count). The summed E-state index contributed by atoms with van der Waals surface area (Å²) in [7, 11) is 1.64. The van der Waals surface area contributed by atoms with E-state index in [1.165, 1.54) is 0 Å². The van der Waals surface area contributed by atoms with Crippen molar-refractivity contribution in [1.82, 2.24) is 0 Å². The normalized spacial score (nSPS) is 10.3. The van der Waals surface area contributed by atoms with Gasteiger partial charge in [0.15, 0.2) is 0 Å². The second-order valence-electron chi connectivity index (χ2n) is 6.14. The van der Waals surface area contributed by atoms with Crippen molar-refractivity contribution in [2.45, 2.75) is 0 Å². The molecule has 0 aliphatic rings. The van der Waals surface area contributed by atoms with Crippen LogP contribution in [-0.2, 0) is 0 Å². The van der Waals surface area contributed by atoms with E-state index in [2.05, 4.69) is 6.07 Å². The minimum absolute atomic E-state index is 0.726. The largest absolute Gasteiger partial charge is 0.497 e. The lowest BCUT2D eigenvalue weighted by Gasteiger charge is -2.13. The van der Waals surface area contributed by atoms with Gasteiger partial charge in [0.25, 0.3) is 0 Å². The summed E-state index contributed by atoms with van der Waals surface area (Å²) in [5.74, 6) is 3.82. The van der Waals surface area contributed by atoms with Gasteiger partial charge in [0.05, 0.1) is 7.11 Å². The molecule has 0 fully saturated rings. The first-order valence-electron chi connectivity index (χ1n) is 8.97. The monoisotopic (exact) mass is 367 g/mol. The molecule has 0 aliphatic carbocycles. The molecule has 0 aromatic heterocycles. The zero-order chi connectivity index (χ0) is 19.2. The maximum Gasteiger partial charge on any atom is 0.135 e. The van der Waals surface area contributed by atoms with Crippen LogP contribution in [0.2, 0.25) is 0 Å². The maximum absolute atomic E-state index is 6.09. The van der Waals surface area contributed by atoms with Crippen molar-refractivity contribution in [3.05, 3.63) is 103 Å². The van der Waals surface area contributed by atoms with Crippen molar-refractivity contribution < 1.29 is 14.2 Å². The predicted octanol–water partition coefficient (Wildman–Crippen LogP) is 6.75. The Bertz CT molecular complexity index is 1040. The van der Waals surface area contributed by atoms with Crippen LogP contribution in [-0.4, -0.2) is 7.11 Å². The van der Waals surface area contributed by atoms with E-state index < -0.39 is 0 Å². The fourth-order valence-corrected chi connectivity index (χ4v) is 2.86. The Hall–Kier alpha value is -3.72. The molecule has 4 aromatic rings. The number of ether oxygens (including phenoxy) is 3. The second-order valence-corrected chi connectivity index (χ2v) is 6.14. The molecule has 0 amide bonds. The number of benzene rings is 4. The first-order chi connectivity index (χ1) is 13.8. The van der Waals surface area contributed by atoms with E-state index in [0.717, 1.165) is 39.9 Å². The molecule has 0 aliphatic heterocycles. The molecule has 0 spiro atoms. The van der Waals surface area contributed by atoms with Crippen LogP contribution in [0, 0.1) is 6.07 Å². The Morgan fingerprint density at radius 2 is 1.36 bits per heavy atom. The van der Waals surface area contributed by atoms with E-state index in [1.54, 1.807) is 7.11 Å². The Kier molecular flexibility index (Phi) is 5.25. The van der Waals surface area contributed by atoms with Gasteiger partial charge in [-0.05, 0) is 66.2 Å². The summed E-state index contributed by atoms with van der Waals surface area (Å²) in [5, 5.41) is 0.